The number of ether oxygens (including phenoxy) is 1. The molecule has 0 saturated heterocycles. The average Bonchev–Trinajstić information content (AvgIpc) is 2.60. The summed E-state index contributed by atoms with van der Waals surface area (Å²) in [4.78, 5) is 0.227. The molecule has 1 atom stereocenters. The predicted molar refractivity (Wildman–Crippen MR) is 73.6 cm³/mol. The molecule has 110 valence electrons. The van der Waals surface area contributed by atoms with Crippen molar-refractivity contribution >= 4 is 10.0 Å². The smallest absolute Gasteiger partial charge is 0.244 e. The SMILES string of the molecule is COCC(C)NS(=O)(=O)c1cn(C)nc1C(C)(C)C. The van der Waals surface area contributed by atoms with E-state index < -0.39 is 10.0 Å². The molecule has 0 aromatic carbocycles. The summed E-state index contributed by atoms with van der Waals surface area (Å²) in [5, 5.41) is 4.27. The van der Waals surface area contributed by atoms with Crippen molar-refractivity contribution in [2.24, 2.45) is 7.05 Å². The molecule has 0 spiro atoms. The Bertz CT molecular complexity index is 529. The zero-order chi connectivity index (χ0) is 14.8. The minimum atomic E-state index is -3.59. The number of hydrogen-bond donors (Lipinski definition) is 1. The highest BCUT2D eigenvalue weighted by Gasteiger charge is 2.30. The van der Waals surface area contributed by atoms with Gasteiger partial charge in [0.1, 0.15) is 4.90 Å². The number of hydrogen-bond acceptors (Lipinski definition) is 4. The highest BCUT2D eigenvalue weighted by atomic mass is 32.2. The van der Waals surface area contributed by atoms with Crippen LogP contribution in [-0.2, 0) is 27.2 Å². The Morgan fingerprint density at radius 3 is 2.53 bits per heavy atom. The van der Waals surface area contributed by atoms with Crippen LogP contribution >= 0.6 is 0 Å². The van der Waals surface area contributed by atoms with E-state index in [-0.39, 0.29) is 16.4 Å². The summed E-state index contributed by atoms with van der Waals surface area (Å²) in [5.41, 5.74) is 0.225. The van der Waals surface area contributed by atoms with Gasteiger partial charge in [0.25, 0.3) is 0 Å². The summed E-state index contributed by atoms with van der Waals surface area (Å²) in [6, 6.07) is -0.289. The van der Waals surface area contributed by atoms with Crippen LogP contribution in [0.25, 0.3) is 0 Å². The van der Waals surface area contributed by atoms with Gasteiger partial charge in [0, 0.05) is 31.8 Å². The first kappa shape index (κ1) is 16.1. The fourth-order valence-electron chi connectivity index (χ4n) is 1.80. The molecule has 7 heteroatoms. The summed E-state index contributed by atoms with van der Waals surface area (Å²) >= 11 is 0. The molecule has 1 rings (SSSR count). The van der Waals surface area contributed by atoms with Crippen molar-refractivity contribution in [2.45, 2.75) is 44.0 Å². The van der Waals surface area contributed by atoms with Gasteiger partial charge in [-0.15, -0.1) is 0 Å². The zero-order valence-corrected chi connectivity index (χ0v) is 13.2. The third kappa shape index (κ3) is 4.02. The van der Waals surface area contributed by atoms with Crippen LogP contribution in [0.5, 0.6) is 0 Å². The number of nitrogens with one attached hydrogen (secondary N) is 1. The lowest BCUT2D eigenvalue weighted by Crippen LogP contribution is -2.36. The molecule has 0 fully saturated rings. The molecule has 6 nitrogen and oxygen atoms in total. The molecular weight excluding hydrogens is 266 g/mol. The molecule has 0 bridgehead atoms. The number of nitrogens with zero attached hydrogens (tertiary/aromatic N) is 2. The maximum absolute atomic E-state index is 12.4. The summed E-state index contributed by atoms with van der Waals surface area (Å²) < 4.78 is 33.8. The summed E-state index contributed by atoms with van der Waals surface area (Å²) in [5.74, 6) is 0. The van der Waals surface area contributed by atoms with Crippen molar-refractivity contribution in [3.8, 4) is 0 Å². The van der Waals surface area contributed by atoms with Gasteiger partial charge in [-0.05, 0) is 6.92 Å². The van der Waals surface area contributed by atoms with E-state index in [4.69, 9.17) is 4.74 Å². The van der Waals surface area contributed by atoms with Gasteiger partial charge in [0.15, 0.2) is 0 Å². The first-order chi connectivity index (χ1) is 8.58. The largest absolute Gasteiger partial charge is 0.383 e. The first-order valence-corrected chi connectivity index (χ1v) is 7.61. The molecule has 1 aromatic heterocycles. The molecule has 0 radical (unpaired) electrons. The van der Waals surface area contributed by atoms with E-state index in [1.165, 1.54) is 18.0 Å². The Morgan fingerprint density at radius 2 is 2.05 bits per heavy atom. The van der Waals surface area contributed by atoms with E-state index in [0.29, 0.717) is 12.3 Å². The van der Waals surface area contributed by atoms with E-state index in [2.05, 4.69) is 9.82 Å². The number of methoxy groups -OCH3 is 1. The molecule has 1 unspecified atom stereocenters. The van der Waals surface area contributed by atoms with Crippen molar-refractivity contribution in [1.82, 2.24) is 14.5 Å². The summed E-state index contributed by atoms with van der Waals surface area (Å²) in [6.45, 7) is 7.89. The lowest BCUT2D eigenvalue weighted by molar-refractivity contribution is 0.180. The van der Waals surface area contributed by atoms with E-state index in [1.807, 2.05) is 20.8 Å². The fourth-order valence-corrected chi connectivity index (χ4v) is 3.41. The molecule has 0 aliphatic rings. The zero-order valence-electron chi connectivity index (χ0n) is 12.4. The Kier molecular flexibility index (Phi) is 4.76. The first-order valence-electron chi connectivity index (χ1n) is 6.13. The van der Waals surface area contributed by atoms with Crippen LogP contribution in [0.15, 0.2) is 11.1 Å². The van der Waals surface area contributed by atoms with E-state index >= 15 is 0 Å². The second-order valence-electron chi connectivity index (χ2n) is 5.74. The predicted octanol–water partition coefficient (Wildman–Crippen LogP) is 1.03. The van der Waals surface area contributed by atoms with E-state index in [1.54, 1.807) is 14.0 Å². The van der Waals surface area contributed by atoms with Crippen LogP contribution < -0.4 is 4.72 Å². The molecule has 1 N–H and O–H groups in total. The molecule has 0 aliphatic heterocycles. The maximum Gasteiger partial charge on any atom is 0.244 e. The second-order valence-corrected chi connectivity index (χ2v) is 7.43. The van der Waals surface area contributed by atoms with Gasteiger partial charge in [-0.2, -0.15) is 5.10 Å². The minimum absolute atomic E-state index is 0.227. The van der Waals surface area contributed by atoms with Gasteiger partial charge >= 0.3 is 0 Å². The number of aryl methyl sites for hydroxylation is 1. The van der Waals surface area contributed by atoms with Crippen LogP contribution in [0.4, 0.5) is 0 Å². The summed E-state index contributed by atoms with van der Waals surface area (Å²) in [7, 11) is -0.336. The van der Waals surface area contributed by atoms with Gasteiger partial charge in [-0.25, -0.2) is 13.1 Å². The molecule has 0 saturated carbocycles. The molecule has 19 heavy (non-hydrogen) atoms. The van der Waals surface area contributed by atoms with E-state index in [0.717, 1.165) is 0 Å². The van der Waals surface area contributed by atoms with Gasteiger partial charge < -0.3 is 4.74 Å². The van der Waals surface area contributed by atoms with Crippen molar-refractivity contribution in [1.29, 1.82) is 0 Å². The monoisotopic (exact) mass is 289 g/mol. The Labute approximate surface area is 115 Å². The minimum Gasteiger partial charge on any atom is -0.383 e. The number of rotatable bonds is 5. The second kappa shape index (κ2) is 5.60. The average molecular weight is 289 g/mol. The molecule has 1 aromatic rings. The molecular formula is C12H23N3O3S. The van der Waals surface area contributed by atoms with E-state index in [9.17, 15) is 8.42 Å². The summed E-state index contributed by atoms with van der Waals surface area (Å²) in [6.07, 6.45) is 1.53. The normalized spacial score (nSPS) is 14.6. The number of aromatic nitrogens is 2. The maximum atomic E-state index is 12.4. The van der Waals surface area contributed by atoms with Crippen LogP contribution in [0.2, 0.25) is 0 Å². The topological polar surface area (TPSA) is 73.2 Å². The Balaban J connectivity index is 3.15. The molecule has 1 heterocycles. The highest BCUT2D eigenvalue weighted by Crippen LogP contribution is 2.27. The number of sulfonamides is 1. The van der Waals surface area contributed by atoms with Crippen LogP contribution in [0, 0.1) is 0 Å². The standard InChI is InChI=1S/C12H23N3O3S/c1-9(8-18-6)14-19(16,17)10-7-15(5)13-11(10)12(2,3)4/h7,9,14H,8H2,1-6H3. The highest BCUT2D eigenvalue weighted by molar-refractivity contribution is 7.89. The van der Waals surface area contributed by atoms with Crippen LogP contribution in [0.3, 0.4) is 0 Å². The van der Waals surface area contributed by atoms with Crippen molar-refractivity contribution in [3.05, 3.63) is 11.9 Å². The third-order valence-electron chi connectivity index (χ3n) is 2.57. The van der Waals surface area contributed by atoms with Crippen LogP contribution in [0.1, 0.15) is 33.4 Å². The van der Waals surface area contributed by atoms with Gasteiger partial charge in [-0.3, -0.25) is 4.68 Å². The molecule has 0 aliphatic carbocycles. The van der Waals surface area contributed by atoms with Gasteiger partial charge in [0.2, 0.25) is 10.0 Å². The quantitative estimate of drug-likeness (QED) is 0.878. The van der Waals surface area contributed by atoms with Gasteiger partial charge in [0.05, 0.1) is 12.3 Å². The fraction of sp³-hybridized carbons (Fsp3) is 0.750. The van der Waals surface area contributed by atoms with Crippen molar-refractivity contribution < 1.29 is 13.2 Å². The Morgan fingerprint density at radius 1 is 1.47 bits per heavy atom. The van der Waals surface area contributed by atoms with Gasteiger partial charge in [-0.1, -0.05) is 20.8 Å². The van der Waals surface area contributed by atoms with Crippen LogP contribution in [-0.4, -0.2) is 38.0 Å². The van der Waals surface area contributed by atoms with Crippen molar-refractivity contribution in [2.75, 3.05) is 13.7 Å². The van der Waals surface area contributed by atoms with Crippen molar-refractivity contribution in [3.63, 3.8) is 0 Å². The Hall–Kier alpha value is -0.920. The molecule has 0 amide bonds. The lowest BCUT2D eigenvalue weighted by Gasteiger charge is -2.19. The third-order valence-corrected chi connectivity index (χ3v) is 4.16. The lowest BCUT2D eigenvalue weighted by atomic mass is 9.92.